The second kappa shape index (κ2) is 6.52. The highest BCUT2D eigenvalue weighted by atomic mass is 16.1. The SMILES string of the molecule is CCn1c2ccccc2c2cc(C=CC(=O)c3ccccc3N)ccc21. The summed E-state index contributed by atoms with van der Waals surface area (Å²) in [6, 6.07) is 21.9. The van der Waals surface area contributed by atoms with Crippen molar-refractivity contribution in [3.8, 4) is 0 Å². The minimum absolute atomic E-state index is 0.0841. The van der Waals surface area contributed by atoms with Crippen LogP contribution in [0.5, 0.6) is 0 Å². The number of ketones is 1. The molecule has 3 aromatic carbocycles. The molecule has 0 saturated heterocycles. The van der Waals surface area contributed by atoms with Crippen LogP contribution in [0, 0.1) is 0 Å². The molecule has 0 amide bonds. The van der Waals surface area contributed by atoms with E-state index in [1.165, 1.54) is 21.8 Å². The number of fused-ring (bicyclic) bond motifs is 3. The van der Waals surface area contributed by atoms with Gasteiger partial charge in [-0.15, -0.1) is 0 Å². The smallest absolute Gasteiger partial charge is 0.187 e. The summed E-state index contributed by atoms with van der Waals surface area (Å²) in [5.41, 5.74) is 10.4. The van der Waals surface area contributed by atoms with Gasteiger partial charge in [-0.2, -0.15) is 0 Å². The first-order valence-electron chi connectivity index (χ1n) is 8.77. The van der Waals surface area contributed by atoms with Crippen molar-refractivity contribution in [2.45, 2.75) is 13.5 Å². The minimum atomic E-state index is -0.0841. The molecule has 0 spiro atoms. The Morgan fingerprint density at radius 1 is 0.962 bits per heavy atom. The fourth-order valence-electron chi connectivity index (χ4n) is 3.50. The lowest BCUT2D eigenvalue weighted by molar-refractivity contribution is 0.104. The van der Waals surface area contributed by atoms with Crippen LogP contribution in [-0.4, -0.2) is 10.4 Å². The highest BCUT2D eigenvalue weighted by Crippen LogP contribution is 2.30. The van der Waals surface area contributed by atoms with E-state index in [1.54, 1.807) is 18.2 Å². The van der Waals surface area contributed by atoms with E-state index in [-0.39, 0.29) is 5.78 Å². The second-order valence-corrected chi connectivity index (χ2v) is 6.32. The van der Waals surface area contributed by atoms with E-state index in [1.807, 2.05) is 24.3 Å². The van der Waals surface area contributed by atoms with Gasteiger partial charge in [0.1, 0.15) is 0 Å². The van der Waals surface area contributed by atoms with Crippen LogP contribution < -0.4 is 5.73 Å². The maximum Gasteiger partial charge on any atom is 0.187 e. The van der Waals surface area contributed by atoms with Gasteiger partial charge in [0, 0.05) is 39.6 Å². The molecule has 0 atom stereocenters. The molecule has 0 aliphatic rings. The average molecular weight is 340 g/mol. The summed E-state index contributed by atoms with van der Waals surface area (Å²) in [6.45, 7) is 3.08. The molecule has 1 aromatic heterocycles. The Morgan fingerprint density at radius 3 is 2.50 bits per heavy atom. The first kappa shape index (κ1) is 16.2. The number of nitrogens with two attached hydrogens (primary N) is 1. The van der Waals surface area contributed by atoms with E-state index in [2.05, 4.69) is 47.9 Å². The number of allylic oxidation sites excluding steroid dienone is 1. The lowest BCUT2D eigenvalue weighted by atomic mass is 10.1. The monoisotopic (exact) mass is 340 g/mol. The molecule has 0 fully saturated rings. The van der Waals surface area contributed by atoms with E-state index in [0.29, 0.717) is 11.3 Å². The van der Waals surface area contributed by atoms with Crippen molar-refractivity contribution in [1.82, 2.24) is 4.57 Å². The second-order valence-electron chi connectivity index (χ2n) is 6.32. The zero-order valence-electron chi connectivity index (χ0n) is 14.6. The zero-order chi connectivity index (χ0) is 18.1. The van der Waals surface area contributed by atoms with Crippen molar-refractivity contribution < 1.29 is 4.79 Å². The third kappa shape index (κ3) is 2.68. The Morgan fingerprint density at radius 2 is 1.69 bits per heavy atom. The number of aryl methyl sites for hydroxylation is 1. The van der Waals surface area contributed by atoms with Crippen molar-refractivity contribution in [3.63, 3.8) is 0 Å². The van der Waals surface area contributed by atoms with Crippen LogP contribution in [0.2, 0.25) is 0 Å². The van der Waals surface area contributed by atoms with E-state index < -0.39 is 0 Å². The number of nitrogen functional groups attached to an aromatic ring is 1. The molecular formula is C23H20N2O. The van der Waals surface area contributed by atoms with Crippen molar-refractivity contribution in [2.75, 3.05) is 5.73 Å². The number of nitrogens with zero attached hydrogens (tertiary/aromatic N) is 1. The van der Waals surface area contributed by atoms with Gasteiger partial charge in [0.15, 0.2) is 5.78 Å². The molecule has 2 N–H and O–H groups in total. The van der Waals surface area contributed by atoms with E-state index in [4.69, 9.17) is 5.73 Å². The third-order valence-electron chi connectivity index (χ3n) is 4.77. The molecule has 0 saturated carbocycles. The van der Waals surface area contributed by atoms with Gasteiger partial charge in [0.2, 0.25) is 0 Å². The van der Waals surface area contributed by atoms with Crippen LogP contribution in [0.1, 0.15) is 22.8 Å². The van der Waals surface area contributed by atoms with Crippen molar-refractivity contribution in [1.29, 1.82) is 0 Å². The van der Waals surface area contributed by atoms with Crippen LogP contribution in [0.25, 0.3) is 27.9 Å². The van der Waals surface area contributed by atoms with Crippen LogP contribution in [0.3, 0.4) is 0 Å². The summed E-state index contributed by atoms with van der Waals surface area (Å²) < 4.78 is 2.31. The quantitative estimate of drug-likeness (QED) is 0.312. The van der Waals surface area contributed by atoms with Gasteiger partial charge in [-0.3, -0.25) is 4.79 Å². The maximum absolute atomic E-state index is 12.4. The predicted molar refractivity (Wildman–Crippen MR) is 109 cm³/mol. The van der Waals surface area contributed by atoms with Crippen LogP contribution in [0.15, 0.2) is 72.8 Å². The Balaban J connectivity index is 1.75. The number of aromatic nitrogens is 1. The van der Waals surface area contributed by atoms with Gasteiger partial charge >= 0.3 is 0 Å². The zero-order valence-corrected chi connectivity index (χ0v) is 14.6. The molecule has 0 radical (unpaired) electrons. The molecule has 128 valence electrons. The first-order chi connectivity index (χ1) is 12.7. The van der Waals surface area contributed by atoms with Gasteiger partial charge in [0.05, 0.1) is 0 Å². The molecule has 26 heavy (non-hydrogen) atoms. The van der Waals surface area contributed by atoms with E-state index in [0.717, 1.165) is 12.1 Å². The van der Waals surface area contributed by atoms with Gasteiger partial charge < -0.3 is 10.3 Å². The lowest BCUT2D eigenvalue weighted by Gasteiger charge is -2.03. The summed E-state index contributed by atoms with van der Waals surface area (Å²) in [5.74, 6) is -0.0841. The molecule has 0 aliphatic heterocycles. The average Bonchev–Trinajstić information content (AvgIpc) is 2.99. The standard InChI is InChI=1S/C23H20N2O/c1-2-25-21-10-6-4-7-17(21)19-15-16(11-13-22(19)25)12-14-23(26)18-8-3-5-9-20(18)24/h3-15H,2,24H2,1H3. The molecule has 0 aliphatic carbocycles. The molecule has 4 rings (SSSR count). The van der Waals surface area contributed by atoms with Crippen LogP contribution in [-0.2, 0) is 6.54 Å². The summed E-state index contributed by atoms with van der Waals surface area (Å²) in [4.78, 5) is 12.4. The van der Waals surface area contributed by atoms with Gasteiger partial charge in [-0.1, -0.05) is 42.5 Å². The van der Waals surface area contributed by atoms with Gasteiger partial charge in [-0.25, -0.2) is 0 Å². The number of rotatable bonds is 4. The molecular weight excluding hydrogens is 320 g/mol. The number of benzene rings is 3. The fraction of sp³-hybridized carbons (Fsp3) is 0.0870. The molecule has 3 nitrogen and oxygen atoms in total. The predicted octanol–water partition coefficient (Wildman–Crippen LogP) is 5.29. The van der Waals surface area contributed by atoms with Gasteiger partial charge in [-0.05, 0) is 48.9 Å². The summed E-state index contributed by atoms with van der Waals surface area (Å²) >= 11 is 0. The highest BCUT2D eigenvalue weighted by molar-refractivity contribution is 6.11. The number of hydrogen-bond donors (Lipinski definition) is 1. The number of anilines is 1. The molecule has 0 unspecified atom stereocenters. The van der Waals surface area contributed by atoms with Crippen molar-refractivity contribution in [3.05, 3.63) is 83.9 Å². The maximum atomic E-state index is 12.4. The van der Waals surface area contributed by atoms with Crippen LogP contribution >= 0.6 is 0 Å². The lowest BCUT2D eigenvalue weighted by Crippen LogP contribution is -1.99. The molecule has 0 bridgehead atoms. The third-order valence-corrected chi connectivity index (χ3v) is 4.77. The van der Waals surface area contributed by atoms with E-state index >= 15 is 0 Å². The summed E-state index contributed by atoms with van der Waals surface area (Å²) in [5, 5.41) is 2.44. The Labute approximate surface area is 152 Å². The topological polar surface area (TPSA) is 48.0 Å². The Hall–Kier alpha value is -3.33. The number of para-hydroxylation sites is 2. The Bertz CT molecular complexity index is 1150. The van der Waals surface area contributed by atoms with Crippen molar-refractivity contribution in [2.24, 2.45) is 0 Å². The van der Waals surface area contributed by atoms with Gasteiger partial charge in [0.25, 0.3) is 0 Å². The normalized spacial score (nSPS) is 11.6. The summed E-state index contributed by atoms with van der Waals surface area (Å²) in [6.07, 6.45) is 3.44. The first-order valence-corrected chi connectivity index (χ1v) is 8.77. The number of hydrogen-bond acceptors (Lipinski definition) is 2. The number of carbonyl (C=O) groups is 1. The number of carbonyl (C=O) groups excluding carboxylic acids is 1. The van der Waals surface area contributed by atoms with Crippen molar-refractivity contribution >= 4 is 39.4 Å². The summed E-state index contributed by atoms with van der Waals surface area (Å²) in [7, 11) is 0. The van der Waals surface area contributed by atoms with Crippen LogP contribution in [0.4, 0.5) is 5.69 Å². The Kier molecular flexibility index (Phi) is 4.05. The van der Waals surface area contributed by atoms with E-state index in [9.17, 15) is 4.79 Å². The largest absolute Gasteiger partial charge is 0.398 e. The fourth-order valence-corrected chi connectivity index (χ4v) is 3.50. The molecule has 3 heteroatoms. The molecule has 4 aromatic rings. The minimum Gasteiger partial charge on any atom is -0.398 e. The highest BCUT2D eigenvalue weighted by Gasteiger charge is 2.09. The molecule has 1 heterocycles.